The summed E-state index contributed by atoms with van der Waals surface area (Å²) in [5.74, 6) is -2.01. The maximum Gasteiger partial charge on any atom is 0.361 e. The van der Waals surface area contributed by atoms with E-state index in [2.05, 4.69) is 111 Å². The molecule has 0 saturated carbocycles. The molecule has 0 aliphatic heterocycles. The second-order valence-corrected chi connectivity index (χ2v) is 22.0. The molecule has 0 radical (unpaired) electrons. The van der Waals surface area contributed by atoms with Crippen molar-refractivity contribution in [1.29, 1.82) is 0 Å². The van der Waals surface area contributed by atoms with Crippen molar-refractivity contribution in [3.63, 3.8) is 0 Å². The number of carbonyl (C=O) groups is 3. The molecule has 0 saturated heterocycles. The fraction of sp³-hybridized carbons (Fsp3) is 0.721. The smallest absolute Gasteiger partial charge is 0.361 e. The van der Waals surface area contributed by atoms with E-state index < -0.39 is 24.3 Å². The number of aliphatic carboxylic acids is 1. The average Bonchev–Trinajstić information content (AvgIpc) is 3.40. The van der Waals surface area contributed by atoms with Gasteiger partial charge in [0.1, 0.15) is 13.2 Å². The number of carbonyl (C=O) groups excluding carboxylic acids is 2. The van der Waals surface area contributed by atoms with Gasteiger partial charge in [-0.1, -0.05) is 246 Å². The average molecular weight is 1080 g/mol. The molecule has 0 amide bonds. The topological polar surface area (TPSA) is 108 Å². The van der Waals surface area contributed by atoms with Gasteiger partial charge in [-0.3, -0.25) is 9.59 Å². The zero-order valence-corrected chi connectivity index (χ0v) is 50.3. The van der Waals surface area contributed by atoms with E-state index in [4.69, 9.17) is 18.9 Å². The molecule has 0 aromatic heterocycles. The summed E-state index contributed by atoms with van der Waals surface area (Å²) in [5, 5.41) is 9.71. The third-order valence-corrected chi connectivity index (χ3v) is 13.3. The third kappa shape index (κ3) is 59.7. The lowest BCUT2D eigenvalue weighted by atomic mass is 10.0. The Hall–Kier alpha value is -3.79. The van der Waals surface area contributed by atoms with E-state index in [9.17, 15) is 19.5 Å². The number of nitrogens with zero attached hydrogens (tertiary/aromatic N) is 1. The van der Waals surface area contributed by atoms with Crippen LogP contribution in [0.2, 0.25) is 0 Å². The summed E-state index contributed by atoms with van der Waals surface area (Å²) in [6, 6.07) is 0. The highest BCUT2D eigenvalue weighted by Crippen LogP contribution is 2.16. The molecule has 0 aromatic rings. The van der Waals surface area contributed by atoms with Gasteiger partial charge < -0.3 is 28.5 Å². The number of carboxylic acids is 1. The minimum absolute atomic E-state index is 0.184. The standard InChI is InChI=1S/C68H117NO8/c1-6-8-10-12-14-16-18-20-22-23-24-25-26-27-28-29-30-31-32-33-34-35-36-37-38-39-40-41-42-43-45-47-49-51-53-55-57-59-66(71)77-64(63-76-68(67(72)73)74-61-60-69(3,4)5)62-75-65(70)58-56-54-52-50-48-46-44-21-19-17-15-13-11-9-7-2/h8,10,14,16,20-22,24-25,27-28,30-31,33-34,44,64,68H,6-7,9,11-13,15,17-19,23,26,29,32,35-43,45-63H2,1-5H3/p+1/b10-8-,16-14-,22-20-,25-24-,28-27-,31-30-,34-33-,44-21-. The molecule has 77 heavy (non-hydrogen) atoms. The van der Waals surface area contributed by atoms with Gasteiger partial charge in [-0.2, -0.15) is 0 Å². The van der Waals surface area contributed by atoms with Gasteiger partial charge in [0, 0.05) is 12.8 Å². The minimum atomic E-state index is -1.51. The van der Waals surface area contributed by atoms with Crippen molar-refractivity contribution in [2.75, 3.05) is 47.5 Å². The highest BCUT2D eigenvalue weighted by molar-refractivity contribution is 5.71. The van der Waals surface area contributed by atoms with E-state index in [1.807, 2.05) is 21.1 Å². The molecule has 0 aliphatic rings. The molecule has 0 aromatic carbocycles. The van der Waals surface area contributed by atoms with Crippen molar-refractivity contribution in [3.8, 4) is 0 Å². The zero-order valence-electron chi connectivity index (χ0n) is 50.3. The molecule has 2 unspecified atom stereocenters. The molecule has 1 N–H and O–H groups in total. The monoisotopic (exact) mass is 1080 g/mol. The van der Waals surface area contributed by atoms with Crippen LogP contribution in [0, 0.1) is 0 Å². The van der Waals surface area contributed by atoms with E-state index in [1.165, 1.54) is 128 Å². The van der Waals surface area contributed by atoms with E-state index in [1.54, 1.807) is 0 Å². The first-order valence-electron chi connectivity index (χ1n) is 31.4. The first-order valence-corrected chi connectivity index (χ1v) is 31.4. The van der Waals surface area contributed by atoms with Crippen molar-refractivity contribution in [2.24, 2.45) is 0 Å². The van der Waals surface area contributed by atoms with Crippen LogP contribution in [0.4, 0.5) is 0 Å². The molecule has 0 heterocycles. The second-order valence-electron chi connectivity index (χ2n) is 22.0. The first kappa shape index (κ1) is 73.2. The lowest BCUT2D eigenvalue weighted by Crippen LogP contribution is -2.40. The Balaban J connectivity index is 4.10. The molecule has 2 atom stereocenters. The van der Waals surface area contributed by atoms with E-state index >= 15 is 0 Å². The maximum absolute atomic E-state index is 12.9. The van der Waals surface area contributed by atoms with Crippen LogP contribution in [0.3, 0.4) is 0 Å². The van der Waals surface area contributed by atoms with Crippen molar-refractivity contribution in [2.45, 2.75) is 270 Å². The van der Waals surface area contributed by atoms with Gasteiger partial charge in [-0.25, -0.2) is 4.79 Å². The van der Waals surface area contributed by atoms with Crippen LogP contribution >= 0.6 is 0 Å². The molecular weight excluding hydrogens is 959 g/mol. The minimum Gasteiger partial charge on any atom is -0.477 e. The van der Waals surface area contributed by atoms with Crippen molar-refractivity contribution in [1.82, 2.24) is 0 Å². The fourth-order valence-electron chi connectivity index (χ4n) is 8.52. The summed E-state index contributed by atoms with van der Waals surface area (Å²) < 4.78 is 22.9. The Kier molecular flexibility index (Phi) is 55.5. The fourth-order valence-corrected chi connectivity index (χ4v) is 8.52. The molecule has 0 spiro atoms. The quantitative estimate of drug-likeness (QED) is 0.0211. The van der Waals surface area contributed by atoms with E-state index in [0.717, 1.165) is 103 Å². The van der Waals surface area contributed by atoms with Crippen LogP contribution in [0.15, 0.2) is 97.2 Å². The van der Waals surface area contributed by atoms with Gasteiger partial charge >= 0.3 is 17.9 Å². The number of ether oxygens (including phenoxy) is 4. The van der Waals surface area contributed by atoms with Gasteiger partial charge in [-0.05, 0) is 96.3 Å². The second kappa shape index (κ2) is 58.4. The molecule has 0 bridgehead atoms. The number of hydrogen-bond donors (Lipinski definition) is 1. The third-order valence-electron chi connectivity index (χ3n) is 13.3. The van der Waals surface area contributed by atoms with Crippen molar-refractivity contribution in [3.05, 3.63) is 97.2 Å². The highest BCUT2D eigenvalue weighted by atomic mass is 16.7. The summed E-state index contributed by atoms with van der Waals surface area (Å²) in [6.07, 6.45) is 76.5. The lowest BCUT2D eigenvalue weighted by molar-refractivity contribution is -0.870. The van der Waals surface area contributed by atoms with Crippen LogP contribution in [-0.2, 0) is 33.3 Å². The molecule has 0 rings (SSSR count). The summed E-state index contributed by atoms with van der Waals surface area (Å²) in [7, 11) is 5.97. The molecule has 9 heteroatoms. The molecule has 0 fully saturated rings. The molecule has 0 aliphatic carbocycles. The van der Waals surface area contributed by atoms with Crippen LogP contribution < -0.4 is 0 Å². The molecule has 9 nitrogen and oxygen atoms in total. The highest BCUT2D eigenvalue weighted by Gasteiger charge is 2.25. The lowest BCUT2D eigenvalue weighted by Gasteiger charge is -2.25. The number of rotatable bonds is 57. The van der Waals surface area contributed by atoms with Gasteiger partial charge in [0.25, 0.3) is 6.29 Å². The van der Waals surface area contributed by atoms with Gasteiger partial charge in [0.15, 0.2) is 6.10 Å². The number of esters is 2. The number of likely N-dealkylation sites (N-methyl/N-ethyl adjacent to an activating group) is 1. The van der Waals surface area contributed by atoms with Gasteiger partial charge in [-0.15, -0.1) is 0 Å². The van der Waals surface area contributed by atoms with Crippen LogP contribution in [0.25, 0.3) is 0 Å². The summed E-state index contributed by atoms with van der Waals surface area (Å²) >= 11 is 0. The van der Waals surface area contributed by atoms with E-state index in [-0.39, 0.29) is 32.2 Å². The Morgan fingerprint density at radius 1 is 0.403 bits per heavy atom. The number of carboxylic acid groups (broad SMARTS) is 1. The predicted molar refractivity (Wildman–Crippen MR) is 327 cm³/mol. The summed E-state index contributed by atoms with van der Waals surface area (Å²) in [5.41, 5.74) is 0. The largest absolute Gasteiger partial charge is 0.477 e. The Morgan fingerprint density at radius 2 is 0.740 bits per heavy atom. The first-order chi connectivity index (χ1) is 37.6. The van der Waals surface area contributed by atoms with Crippen LogP contribution in [0.1, 0.15) is 258 Å². The van der Waals surface area contributed by atoms with Crippen molar-refractivity contribution < 1.29 is 42.9 Å². The number of allylic oxidation sites excluding steroid dienone is 16. The Bertz CT molecular complexity index is 1580. The SMILES string of the molecule is CC/C=C\C/C=C\C/C=C\C/C=C\C/C=C\C/C=C\C/C=C\CCCCCCCCCCCCCCCCCC(=O)OC(COC(=O)CCCCCCC/C=C\CCCCCCCC)COC(OCC[N+](C)(C)C)C(=O)O. The number of hydrogen-bond acceptors (Lipinski definition) is 7. The number of unbranched alkanes of at least 4 members (excludes halogenated alkanes) is 26. The van der Waals surface area contributed by atoms with E-state index in [0.29, 0.717) is 17.4 Å². The van der Waals surface area contributed by atoms with Crippen molar-refractivity contribution >= 4 is 17.9 Å². The van der Waals surface area contributed by atoms with Gasteiger partial charge in [0.2, 0.25) is 0 Å². The normalized spacial score (nSPS) is 13.4. The zero-order chi connectivity index (χ0) is 56.2. The predicted octanol–water partition coefficient (Wildman–Crippen LogP) is 18.9. The Morgan fingerprint density at radius 3 is 1.12 bits per heavy atom. The van der Waals surface area contributed by atoms with Crippen LogP contribution in [-0.4, -0.2) is 87.4 Å². The van der Waals surface area contributed by atoms with Crippen LogP contribution in [0.5, 0.6) is 0 Å². The molecular formula is C68H118NO8+. The molecule has 442 valence electrons. The van der Waals surface area contributed by atoms with Gasteiger partial charge in [0.05, 0.1) is 34.4 Å². The summed E-state index contributed by atoms with van der Waals surface area (Å²) in [4.78, 5) is 37.4. The Labute approximate surface area is 473 Å². The summed E-state index contributed by atoms with van der Waals surface area (Å²) in [6.45, 7) is 4.75. The maximum atomic E-state index is 12.9. The number of quaternary nitrogens is 1.